The molecule has 0 aliphatic rings. The minimum Gasteiger partial charge on any atom is -0.423 e. The van der Waals surface area contributed by atoms with E-state index in [1.807, 2.05) is 12.1 Å². The Balaban J connectivity index is 2.16. The number of hydrogen-bond acceptors (Lipinski definition) is 4. The van der Waals surface area contributed by atoms with Crippen LogP contribution in [0, 0.1) is 10.8 Å². The molecule has 1 unspecified atom stereocenters. The van der Waals surface area contributed by atoms with Crippen LogP contribution < -0.4 is 4.74 Å². The minimum atomic E-state index is -4.29. The first-order chi connectivity index (χ1) is 13.2. The molecule has 0 bridgehead atoms. The molecule has 158 valence electrons. The third kappa shape index (κ3) is 6.68. The quantitative estimate of drug-likeness (QED) is 0.382. The molecular weight excluding hydrogens is 388 g/mol. The number of esters is 1. The fraction of sp³-hybridized carbons (Fsp3) is 0.435. The van der Waals surface area contributed by atoms with Gasteiger partial charge in [0.1, 0.15) is 5.75 Å². The molecule has 1 atom stereocenters. The summed E-state index contributed by atoms with van der Waals surface area (Å²) in [4.78, 5) is 12.0. The average molecular weight is 419 g/mol. The number of hydrogen-bond donors (Lipinski definition) is 1. The van der Waals surface area contributed by atoms with E-state index in [0.717, 1.165) is 18.6 Å². The van der Waals surface area contributed by atoms with Gasteiger partial charge in [0.25, 0.3) is 10.1 Å². The van der Waals surface area contributed by atoms with Crippen molar-refractivity contribution in [1.82, 2.24) is 0 Å². The highest BCUT2D eigenvalue weighted by Crippen LogP contribution is 2.43. The Bertz CT molecular complexity index is 944. The van der Waals surface area contributed by atoms with Crippen molar-refractivity contribution in [2.24, 2.45) is 10.8 Å². The molecule has 0 fully saturated rings. The van der Waals surface area contributed by atoms with Gasteiger partial charge in [0, 0.05) is 0 Å². The summed E-state index contributed by atoms with van der Waals surface area (Å²) in [5.74, 6) is 0.183. The maximum Gasteiger partial charge on any atom is 0.343 e. The van der Waals surface area contributed by atoms with Crippen molar-refractivity contribution < 1.29 is 22.5 Å². The van der Waals surface area contributed by atoms with E-state index >= 15 is 0 Å². The molecule has 2 rings (SSSR count). The predicted octanol–water partition coefficient (Wildman–Crippen LogP) is 5.72. The van der Waals surface area contributed by atoms with E-state index in [4.69, 9.17) is 9.29 Å². The van der Waals surface area contributed by atoms with Crippen LogP contribution in [0.2, 0.25) is 0 Å². The summed E-state index contributed by atoms with van der Waals surface area (Å²) in [6.07, 6.45) is 1.04. The second kappa shape index (κ2) is 8.28. The minimum absolute atomic E-state index is 0.0975. The fourth-order valence-electron chi connectivity index (χ4n) is 3.23. The van der Waals surface area contributed by atoms with E-state index in [9.17, 15) is 13.2 Å². The zero-order valence-electron chi connectivity index (χ0n) is 17.9. The third-order valence-electron chi connectivity index (χ3n) is 4.74. The standard InChI is InChI=1S/C23H30O5S/c1-22(2,3)15-20(23(4,5)6)16-7-11-18(12-8-16)28-21(24)17-9-13-19(14-10-17)29(25,26)27/h7-14,20H,15H2,1-6H3,(H,25,26,27). The predicted molar refractivity (Wildman–Crippen MR) is 114 cm³/mol. The Labute approximate surface area is 173 Å². The van der Waals surface area contributed by atoms with Crippen LogP contribution in [0.1, 0.15) is 69.8 Å². The van der Waals surface area contributed by atoms with Gasteiger partial charge >= 0.3 is 5.97 Å². The molecular formula is C23H30O5S. The first-order valence-electron chi connectivity index (χ1n) is 9.56. The third-order valence-corrected chi connectivity index (χ3v) is 5.61. The van der Waals surface area contributed by atoms with E-state index in [2.05, 4.69) is 41.5 Å². The van der Waals surface area contributed by atoms with Gasteiger partial charge in [-0.1, -0.05) is 53.7 Å². The Morgan fingerprint density at radius 2 is 1.45 bits per heavy atom. The zero-order chi connectivity index (χ0) is 22.0. The summed E-state index contributed by atoms with van der Waals surface area (Å²) in [7, 11) is -4.29. The summed E-state index contributed by atoms with van der Waals surface area (Å²) in [5.41, 5.74) is 1.68. The molecule has 0 aliphatic carbocycles. The van der Waals surface area contributed by atoms with Crippen LogP contribution in [0.4, 0.5) is 0 Å². The number of rotatable bonds is 5. The van der Waals surface area contributed by atoms with Gasteiger partial charge in [-0.15, -0.1) is 0 Å². The van der Waals surface area contributed by atoms with Crippen LogP contribution in [0.3, 0.4) is 0 Å². The van der Waals surface area contributed by atoms with Gasteiger partial charge in [-0.05, 0) is 65.1 Å². The lowest BCUT2D eigenvalue weighted by atomic mass is 9.69. The second-order valence-corrected chi connectivity index (χ2v) is 11.1. The van der Waals surface area contributed by atoms with Crippen molar-refractivity contribution in [2.45, 2.75) is 58.8 Å². The largest absolute Gasteiger partial charge is 0.423 e. The summed E-state index contributed by atoms with van der Waals surface area (Å²) in [6, 6.07) is 12.5. The summed E-state index contributed by atoms with van der Waals surface area (Å²) < 4.78 is 36.6. The Kier molecular flexibility index (Phi) is 6.60. The second-order valence-electron chi connectivity index (χ2n) is 9.64. The maximum atomic E-state index is 12.3. The van der Waals surface area contributed by atoms with E-state index in [-0.39, 0.29) is 21.3 Å². The highest BCUT2D eigenvalue weighted by molar-refractivity contribution is 7.85. The molecule has 29 heavy (non-hydrogen) atoms. The number of benzene rings is 2. The van der Waals surface area contributed by atoms with Crippen LogP contribution in [0.5, 0.6) is 5.75 Å². The molecule has 5 nitrogen and oxygen atoms in total. The Hall–Kier alpha value is -2.18. The number of carbonyl (C=O) groups is 1. The van der Waals surface area contributed by atoms with Gasteiger partial charge in [0.05, 0.1) is 10.5 Å². The molecule has 2 aromatic carbocycles. The highest BCUT2D eigenvalue weighted by Gasteiger charge is 2.30. The normalized spacial score (nSPS) is 13.8. The van der Waals surface area contributed by atoms with Crippen molar-refractivity contribution in [3.8, 4) is 5.75 Å². The molecule has 0 radical (unpaired) electrons. The molecule has 0 saturated carbocycles. The van der Waals surface area contributed by atoms with Gasteiger partial charge in [0.2, 0.25) is 0 Å². The first kappa shape index (κ1) is 23.1. The van der Waals surface area contributed by atoms with Crippen LogP contribution in [0.15, 0.2) is 53.4 Å². The summed E-state index contributed by atoms with van der Waals surface area (Å²) in [5, 5.41) is 0. The van der Waals surface area contributed by atoms with Crippen LogP contribution in [0.25, 0.3) is 0 Å². The van der Waals surface area contributed by atoms with Gasteiger partial charge in [-0.25, -0.2) is 4.79 Å². The van der Waals surface area contributed by atoms with Crippen molar-refractivity contribution >= 4 is 16.1 Å². The monoisotopic (exact) mass is 418 g/mol. The molecule has 0 spiro atoms. The Morgan fingerprint density at radius 1 is 0.931 bits per heavy atom. The lowest BCUT2D eigenvalue weighted by Gasteiger charge is -2.36. The molecule has 6 heteroatoms. The molecule has 0 saturated heterocycles. The van der Waals surface area contributed by atoms with Crippen molar-refractivity contribution in [2.75, 3.05) is 0 Å². The van der Waals surface area contributed by atoms with Crippen LogP contribution in [-0.4, -0.2) is 18.9 Å². The fourth-order valence-corrected chi connectivity index (χ4v) is 3.71. The zero-order valence-corrected chi connectivity index (χ0v) is 18.7. The molecule has 2 aromatic rings. The first-order valence-corrected chi connectivity index (χ1v) is 11.0. The Morgan fingerprint density at radius 3 is 1.86 bits per heavy atom. The van der Waals surface area contributed by atoms with E-state index in [1.165, 1.54) is 17.7 Å². The van der Waals surface area contributed by atoms with Crippen molar-refractivity contribution in [3.05, 3.63) is 59.7 Å². The van der Waals surface area contributed by atoms with E-state index in [0.29, 0.717) is 11.7 Å². The summed E-state index contributed by atoms with van der Waals surface area (Å²) in [6.45, 7) is 13.4. The van der Waals surface area contributed by atoms with Crippen molar-refractivity contribution in [1.29, 1.82) is 0 Å². The average Bonchev–Trinajstić information content (AvgIpc) is 2.58. The molecule has 0 amide bonds. The van der Waals surface area contributed by atoms with Gasteiger partial charge in [0.15, 0.2) is 0 Å². The van der Waals surface area contributed by atoms with E-state index in [1.54, 1.807) is 12.1 Å². The van der Waals surface area contributed by atoms with Crippen LogP contribution in [-0.2, 0) is 10.1 Å². The lowest BCUT2D eigenvalue weighted by molar-refractivity contribution is 0.0734. The molecule has 0 aliphatic heterocycles. The van der Waals surface area contributed by atoms with Gasteiger partial charge in [-0.2, -0.15) is 8.42 Å². The van der Waals surface area contributed by atoms with Gasteiger partial charge < -0.3 is 4.74 Å². The smallest absolute Gasteiger partial charge is 0.343 e. The topological polar surface area (TPSA) is 80.7 Å². The summed E-state index contributed by atoms with van der Waals surface area (Å²) >= 11 is 0. The number of carbonyl (C=O) groups excluding carboxylic acids is 1. The number of ether oxygens (including phenoxy) is 1. The van der Waals surface area contributed by atoms with Crippen molar-refractivity contribution in [3.63, 3.8) is 0 Å². The molecule has 1 N–H and O–H groups in total. The van der Waals surface area contributed by atoms with E-state index < -0.39 is 16.1 Å². The SMILES string of the molecule is CC(C)(C)CC(c1ccc(OC(=O)c2ccc(S(=O)(=O)O)cc2)cc1)C(C)(C)C. The maximum absolute atomic E-state index is 12.3. The molecule has 0 heterocycles. The highest BCUT2D eigenvalue weighted by atomic mass is 32.2. The van der Waals surface area contributed by atoms with Crippen LogP contribution >= 0.6 is 0 Å². The molecule has 0 aromatic heterocycles. The van der Waals surface area contributed by atoms with Gasteiger partial charge in [-0.3, -0.25) is 4.55 Å². The lowest BCUT2D eigenvalue weighted by Crippen LogP contribution is -2.23.